The van der Waals surface area contributed by atoms with Crippen LogP contribution in [-0.2, 0) is 17.8 Å². The summed E-state index contributed by atoms with van der Waals surface area (Å²) >= 11 is 0. The Labute approximate surface area is 163 Å². The van der Waals surface area contributed by atoms with Gasteiger partial charge in [0.1, 0.15) is 0 Å². The van der Waals surface area contributed by atoms with Gasteiger partial charge < -0.3 is 20.5 Å². The molecular weight excluding hydrogens is 338 g/mol. The highest BCUT2D eigenvalue weighted by molar-refractivity contribution is 5.27. The number of piperidine rings is 1. The predicted octanol–water partition coefficient (Wildman–Crippen LogP) is 1.89. The van der Waals surface area contributed by atoms with E-state index in [-0.39, 0.29) is 6.10 Å². The molecule has 0 aromatic heterocycles. The van der Waals surface area contributed by atoms with Crippen molar-refractivity contribution >= 4 is 0 Å². The molecule has 3 N–H and O–H groups in total. The number of nitrogens with zero attached hydrogens (tertiary/aromatic N) is 1. The topological polar surface area (TPSA) is 56.8 Å². The minimum Gasteiger partial charge on any atom is -0.393 e. The highest BCUT2D eigenvalue weighted by Crippen LogP contribution is 2.30. The summed E-state index contributed by atoms with van der Waals surface area (Å²) in [4.78, 5) is 2.48. The summed E-state index contributed by atoms with van der Waals surface area (Å²) in [7, 11) is 0. The number of hydrogen-bond acceptors (Lipinski definition) is 5. The van der Waals surface area contributed by atoms with Crippen LogP contribution >= 0.6 is 0 Å². The Morgan fingerprint density at radius 2 is 1.93 bits per heavy atom. The Morgan fingerprint density at radius 1 is 1.11 bits per heavy atom. The average molecular weight is 374 g/mol. The maximum absolute atomic E-state index is 9.73. The van der Waals surface area contributed by atoms with Crippen LogP contribution in [0.4, 0.5) is 0 Å². The van der Waals surface area contributed by atoms with Crippen molar-refractivity contribution in [1.29, 1.82) is 0 Å². The first-order chi connectivity index (χ1) is 13.3. The molecule has 3 aliphatic rings. The maximum atomic E-state index is 9.73. The largest absolute Gasteiger partial charge is 0.393 e. The molecule has 5 heteroatoms. The van der Waals surface area contributed by atoms with Gasteiger partial charge in [-0.05, 0) is 42.7 Å². The third kappa shape index (κ3) is 5.09. The van der Waals surface area contributed by atoms with Gasteiger partial charge in [-0.25, -0.2) is 0 Å². The molecule has 27 heavy (non-hydrogen) atoms. The molecule has 2 saturated heterocycles. The molecule has 3 atom stereocenters. The van der Waals surface area contributed by atoms with Crippen molar-refractivity contribution in [3.63, 3.8) is 0 Å². The summed E-state index contributed by atoms with van der Waals surface area (Å²) in [5.41, 5.74) is 2.84. The molecular formula is C22H35N3O2. The lowest BCUT2D eigenvalue weighted by molar-refractivity contribution is 0.0524. The molecule has 2 aliphatic heterocycles. The summed E-state index contributed by atoms with van der Waals surface area (Å²) in [5.74, 6) is 0.682. The molecule has 4 rings (SSSR count). The van der Waals surface area contributed by atoms with Crippen molar-refractivity contribution in [2.75, 3.05) is 32.8 Å². The van der Waals surface area contributed by atoms with Crippen LogP contribution in [0.1, 0.15) is 43.2 Å². The van der Waals surface area contributed by atoms with Crippen molar-refractivity contribution in [2.24, 2.45) is 5.92 Å². The monoisotopic (exact) mass is 373 g/mol. The Balaban J connectivity index is 1.34. The molecule has 150 valence electrons. The number of ether oxygens (including phenoxy) is 1. The Kier molecular flexibility index (Phi) is 6.79. The van der Waals surface area contributed by atoms with Crippen LogP contribution in [0.2, 0.25) is 0 Å². The number of nitrogens with one attached hydrogen (secondary N) is 2. The van der Waals surface area contributed by atoms with E-state index in [9.17, 15) is 5.11 Å². The van der Waals surface area contributed by atoms with Gasteiger partial charge in [-0.2, -0.15) is 0 Å². The Bertz CT molecular complexity index is 583. The van der Waals surface area contributed by atoms with Crippen molar-refractivity contribution in [1.82, 2.24) is 15.5 Å². The number of morpholine rings is 1. The standard InChI is InChI=1S/C22H35N3O2/c26-19-8-11-25(12-9-19)15-18-5-2-1-4-17(18)14-24-21-7-3-6-20(21)22-16-27-13-10-23-22/h1-2,4-5,19-24,26H,3,6-16H2. The molecule has 5 nitrogen and oxygen atoms in total. The fraction of sp³-hybridized carbons (Fsp3) is 0.727. The number of likely N-dealkylation sites (tertiary alicyclic amines) is 1. The minimum absolute atomic E-state index is 0.102. The van der Waals surface area contributed by atoms with Gasteiger partial charge >= 0.3 is 0 Å². The van der Waals surface area contributed by atoms with E-state index in [1.165, 1.54) is 30.4 Å². The molecule has 3 unspecified atom stereocenters. The lowest BCUT2D eigenvalue weighted by Gasteiger charge is -2.33. The number of hydrogen-bond donors (Lipinski definition) is 3. The second-order valence-electron chi connectivity index (χ2n) is 8.49. The van der Waals surface area contributed by atoms with Gasteiger partial charge in [0.05, 0.1) is 19.3 Å². The zero-order valence-electron chi connectivity index (χ0n) is 16.4. The third-order valence-electron chi connectivity index (χ3n) is 6.66. The first kappa shape index (κ1) is 19.3. The Morgan fingerprint density at radius 3 is 2.70 bits per heavy atom. The van der Waals surface area contributed by atoms with Gasteiger partial charge in [0.25, 0.3) is 0 Å². The number of aliphatic hydroxyl groups is 1. The fourth-order valence-electron chi connectivity index (χ4n) is 5.03. The van der Waals surface area contributed by atoms with Gasteiger partial charge in [0.15, 0.2) is 0 Å². The number of rotatable bonds is 6. The molecule has 3 fully saturated rings. The molecule has 1 aromatic carbocycles. The van der Waals surface area contributed by atoms with Crippen LogP contribution in [0.5, 0.6) is 0 Å². The molecule has 0 radical (unpaired) electrons. The average Bonchev–Trinajstić information content (AvgIpc) is 3.18. The highest BCUT2D eigenvalue weighted by Gasteiger charge is 2.34. The first-order valence-corrected chi connectivity index (χ1v) is 10.8. The summed E-state index contributed by atoms with van der Waals surface area (Å²) in [6.07, 6.45) is 5.60. The molecule has 1 aromatic rings. The SMILES string of the molecule is OC1CCN(Cc2ccccc2CNC2CCCC2C2COCCN2)CC1. The van der Waals surface area contributed by atoms with E-state index in [4.69, 9.17) is 4.74 Å². The molecule has 1 saturated carbocycles. The van der Waals surface area contributed by atoms with E-state index in [0.717, 1.165) is 58.8 Å². The van der Waals surface area contributed by atoms with Crippen LogP contribution in [0, 0.1) is 5.92 Å². The zero-order valence-corrected chi connectivity index (χ0v) is 16.4. The summed E-state index contributed by atoms with van der Waals surface area (Å²) in [6, 6.07) is 9.94. The van der Waals surface area contributed by atoms with E-state index in [1.54, 1.807) is 0 Å². The van der Waals surface area contributed by atoms with Gasteiger partial charge in [0.2, 0.25) is 0 Å². The Hall–Kier alpha value is -0.980. The van der Waals surface area contributed by atoms with Gasteiger partial charge in [-0.15, -0.1) is 0 Å². The maximum Gasteiger partial charge on any atom is 0.0623 e. The number of aliphatic hydroxyl groups excluding tert-OH is 1. The smallest absolute Gasteiger partial charge is 0.0623 e. The van der Waals surface area contributed by atoms with E-state index >= 15 is 0 Å². The first-order valence-electron chi connectivity index (χ1n) is 10.8. The van der Waals surface area contributed by atoms with Crippen molar-refractivity contribution in [3.8, 4) is 0 Å². The predicted molar refractivity (Wildman–Crippen MR) is 108 cm³/mol. The van der Waals surface area contributed by atoms with Crippen molar-refractivity contribution in [3.05, 3.63) is 35.4 Å². The van der Waals surface area contributed by atoms with E-state index < -0.39 is 0 Å². The molecule has 2 heterocycles. The van der Waals surface area contributed by atoms with Crippen LogP contribution in [-0.4, -0.2) is 61.0 Å². The molecule has 0 amide bonds. The molecule has 1 aliphatic carbocycles. The second kappa shape index (κ2) is 9.48. The second-order valence-corrected chi connectivity index (χ2v) is 8.49. The van der Waals surface area contributed by atoms with Crippen LogP contribution in [0.3, 0.4) is 0 Å². The third-order valence-corrected chi connectivity index (χ3v) is 6.66. The van der Waals surface area contributed by atoms with Crippen molar-refractivity contribution in [2.45, 2.75) is 63.4 Å². The lowest BCUT2D eigenvalue weighted by atomic mass is 9.93. The van der Waals surface area contributed by atoms with Crippen LogP contribution < -0.4 is 10.6 Å². The van der Waals surface area contributed by atoms with Gasteiger partial charge in [0, 0.05) is 44.8 Å². The van der Waals surface area contributed by atoms with Crippen LogP contribution in [0.15, 0.2) is 24.3 Å². The van der Waals surface area contributed by atoms with Crippen molar-refractivity contribution < 1.29 is 9.84 Å². The normalized spacial score (nSPS) is 30.6. The molecule has 0 spiro atoms. The quantitative estimate of drug-likeness (QED) is 0.711. The highest BCUT2D eigenvalue weighted by atomic mass is 16.5. The summed E-state index contributed by atoms with van der Waals surface area (Å²) < 4.78 is 5.70. The fourth-order valence-corrected chi connectivity index (χ4v) is 5.03. The van der Waals surface area contributed by atoms with E-state index in [1.807, 2.05) is 0 Å². The van der Waals surface area contributed by atoms with E-state index in [0.29, 0.717) is 18.0 Å². The zero-order chi connectivity index (χ0) is 18.5. The van der Waals surface area contributed by atoms with Crippen LogP contribution in [0.25, 0.3) is 0 Å². The van der Waals surface area contributed by atoms with E-state index in [2.05, 4.69) is 39.8 Å². The number of benzene rings is 1. The van der Waals surface area contributed by atoms with Gasteiger partial charge in [-0.3, -0.25) is 4.90 Å². The summed E-state index contributed by atoms with van der Waals surface area (Å²) in [5, 5.41) is 17.3. The lowest BCUT2D eigenvalue weighted by Crippen LogP contribution is -2.50. The minimum atomic E-state index is -0.102. The summed E-state index contributed by atoms with van der Waals surface area (Å²) in [6.45, 7) is 6.64. The molecule has 0 bridgehead atoms. The van der Waals surface area contributed by atoms with Gasteiger partial charge in [-0.1, -0.05) is 30.7 Å².